The van der Waals surface area contributed by atoms with Crippen molar-refractivity contribution in [1.82, 2.24) is 5.32 Å². The number of nitrogens with one attached hydrogen (secondary N) is 1. The number of amides is 1. The molecule has 0 heterocycles. The number of carbonyl (C=O) groups excluding carboxylic acids is 1. The Bertz CT molecular complexity index is 605. The predicted octanol–water partition coefficient (Wildman–Crippen LogP) is 2.87. The first-order valence-corrected chi connectivity index (χ1v) is 7.23. The van der Waals surface area contributed by atoms with Crippen molar-refractivity contribution in [3.63, 3.8) is 0 Å². The van der Waals surface area contributed by atoms with Crippen LogP contribution in [0.3, 0.4) is 0 Å². The maximum atomic E-state index is 12.1. The molecular formula is C18H22N2O. The first-order valence-electron chi connectivity index (χ1n) is 7.23. The molecule has 3 nitrogen and oxygen atoms in total. The van der Waals surface area contributed by atoms with Crippen molar-refractivity contribution >= 4 is 5.91 Å². The molecule has 21 heavy (non-hydrogen) atoms. The summed E-state index contributed by atoms with van der Waals surface area (Å²) in [5.74, 6) is 0.0414. The van der Waals surface area contributed by atoms with E-state index < -0.39 is 0 Å². The molecule has 1 amide bonds. The van der Waals surface area contributed by atoms with Crippen LogP contribution < -0.4 is 11.1 Å². The minimum atomic E-state index is -0.00616. The summed E-state index contributed by atoms with van der Waals surface area (Å²) in [5, 5.41) is 3.04. The van der Waals surface area contributed by atoms with Crippen LogP contribution in [-0.2, 0) is 17.8 Å². The number of hydrogen-bond donors (Lipinski definition) is 2. The Labute approximate surface area is 126 Å². The van der Waals surface area contributed by atoms with Gasteiger partial charge in [0.15, 0.2) is 0 Å². The maximum absolute atomic E-state index is 12.1. The Kier molecular flexibility index (Phi) is 5.12. The van der Waals surface area contributed by atoms with Crippen molar-refractivity contribution in [2.75, 3.05) is 0 Å². The molecular weight excluding hydrogens is 260 g/mol. The predicted molar refractivity (Wildman–Crippen MR) is 85.8 cm³/mol. The number of benzene rings is 2. The van der Waals surface area contributed by atoms with Crippen molar-refractivity contribution in [2.24, 2.45) is 5.73 Å². The summed E-state index contributed by atoms with van der Waals surface area (Å²) >= 11 is 0. The minimum Gasteiger partial charge on any atom is -0.349 e. The molecule has 2 rings (SSSR count). The van der Waals surface area contributed by atoms with Gasteiger partial charge in [-0.15, -0.1) is 0 Å². The van der Waals surface area contributed by atoms with Gasteiger partial charge in [-0.25, -0.2) is 0 Å². The molecule has 0 saturated carbocycles. The van der Waals surface area contributed by atoms with Crippen LogP contribution in [0.5, 0.6) is 0 Å². The SMILES string of the molecule is Cc1ccccc1CC(=O)NC(C)c1ccc(CN)cc1. The lowest BCUT2D eigenvalue weighted by molar-refractivity contribution is -0.121. The Hall–Kier alpha value is -2.13. The molecule has 0 aliphatic carbocycles. The van der Waals surface area contributed by atoms with Crippen LogP contribution in [0.25, 0.3) is 0 Å². The summed E-state index contributed by atoms with van der Waals surface area (Å²) in [6.07, 6.45) is 0.415. The molecule has 0 bridgehead atoms. The van der Waals surface area contributed by atoms with Gasteiger partial charge in [-0.3, -0.25) is 4.79 Å². The molecule has 0 fully saturated rings. The second-order valence-corrected chi connectivity index (χ2v) is 5.34. The number of aryl methyl sites for hydroxylation is 1. The van der Waals surface area contributed by atoms with E-state index >= 15 is 0 Å². The zero-order chi connectivity index (χ0) is 15.2. The van der Waals surface area contributed by atoms with Gasteiger partial charge in [-0.1, -0.05) is 48.5 Å². The minimum absolute atomic E-state index is 0.00616. The molecule has 0 spiro atoms. The molecule has 110 valence electrons. The molecule has 3 N–H and O–H groups in total. The van der Waals surface area contributed by atoms with E-state index in [9.17, 15) is 4.79 Å². The molecule has 0 radical (unpaired) electrons. The summed E-state index contributed by atoms with van der Waals surface area (Å²) in [4.78, 5) is 12.1. The van der Waals surface area contributed by atoms with E-state index in [1.54, 1.807) is 0 Å². The summed E-state index contributed by atoms with van der Waals surface area (Å²) in [5.41, 5.74) is 9.99. The van der Waals surface area contributed by atoms with Crippen LogP contribution in [0.2, 0.25) is 0 Å². The third-order valence-electron chi connectivity index (χ3n) is 3.71. The number of nitrogens with two attached hydrogens (primary N) is 1. The number of rotatable bonds is 5. The topological polar surface area (TPSA) is 55.1 Å². The second-order valence-electron chi connectivity index (χ2n) is 5.34. The number of hydrogen-bond acceptors (Lipinski definition) is 2. The largest absolute Gasteiger partial charge is 0.349 e. The first-order chi connectivity index (χ1) is 10.1. The van der Waals surface area contributed by atoms with Crippen LogP contribution in [-0.4, -0.2) is 5.91 Å². The van der Waals surface area contributed by atoms with E-state index in [2.05, 4.69) is 5.32 Å². The van der Waals surface area contributed by atoms with Gasteiger partial charge < -0.3 is 11.1 Å². The summed E-state index contributed by atoms with van der Waals surface area (Å²) < 4.78 is 0. The first kappa shape index (κ1) is 15.3. The second kappa shape index (κ2) is 7.04. The van der Waals surface area contributed by atoms with Gasteiger partial charge in [0.05, 0.1) is 12.5 Å². The number of carbonyl (C=O) groups is 1. The fourth-order valence-corrected chi connectivity index (χ4v) is 2.30. The van der Waals surface area contributed by atoms with E-state index in [0.717, 1.165) is 22.3 Å². The summed E-state index contributed by atoms with van der Waals surface area (Å²) in [7, 11) is 0. The Morgan fingerprint density at radius 2 is 1.81 bits per heavy atom. The molecule has 0 aliphatic rings. The van der Waals surface area contributed by atoms with Crippen LogP contribution in [0.1, 0.15) is 35.2 Å². The van der Waals surface area contributed by atoms with Gasteiger partial charge in [0.2, 0.25) is 5.91 Å². The molecule has 1 unspecified atom stereocenters. The fourth-order valence-electron chi connectivity index (χ4n) is 2.30. The highest BCUT2D eigenvalue weighted by molar-refractivity contribution is 5.79. The zero-order valence-corrected chi connectivity index (χ0v) is 12.6. The lowest BCUT2D eigenvalue weighted by Gasteiger charge is -2.15. The van der Waals surface area contributed by atoms with Crippen molar-refractivity contribution in [1.29, 1.82) is 0 Å². The monoisotopic (exact) mass is 282 g/mol. The average molecular weight is 282 g/mol. The van der Waals surface area contributed by atoms with Crippen molar-refractivity contribution in [3.05, 3.63) is 70.8 Å². The molecule has 2 aromatic rings. The molecule has 1 atom stereocenters. The van der Waals surface area contributed by atoms with E-state index in [1.165, 1.54) is 0 Å². The average Bonchev–Trinajstić information content (AvgIpc) is 2.49. The van der Waals surface area contributed by atoms with Crippen LogP contribution in [0, 0.1) is 6.92 Å². The van der Waals surface area contributed by atoms with Gasteiger partial charge in [0.1, 0.15) is 0 Å². The van der Waals surface area contributed by atoms with Crippen LogP contribution in [0.15, 0.2) is 48.5 Å². The van der Waals surface area contributed by atoms with E-state index in [-0.39, 0.29) is 11.9 Å². The molecule has 0 aromatic heterocycles. The van der Waals surface area contributed by atoms with Gasteiger partial charge in [-0.05, 0) is 36.1 Å². The van der Waals surface area contributed by atoms with E-state index in [0.29, 0.717) is 13.0 Å². The standard InChI is InChI=1S/C18H22N2O/c1-13-5-3-4-6-17(13)11-18(21)20-14(2)16-9-7-15(12-19)8-10-16/h3-10,14H,11-12,19H2,1-2H3,(H,20,21). The molecule has 0 aliphatic heterocycles. The van der Waals surface area contributed by atoms with Crippen LogP contribution >= 0.6 is 0 Å². The third-order valence-corrected chi connectivity index (χ3v) is 3.71. The quantitative estimate of drug-likeness (QED) is 0.886. The lowest BCUT2D eigenvalue weighted by Crippen LogP contribution is -2.28. The van der Waals surface area contributed by atoms with Gasteiger partial charge >= 0.3 is 0 Å². The zero-order valence-electron chi connectivity index (χ0n) is 12.6. The lowest BCUT2D eigenvalue weighted by atomic mass is 10.0. The van der Waals surface area contributed by atoms with Gasteiger partial charge in [-0.2, -0.15) is 0 Å². The van der Waals surface area contributed by atoms with Gasteiger partial charge in [0.25, 0.3) is 0 Å². The third kappa shape index (κ3) is 4.17. The van der Waals surface area contributed by atoms with E-state index in [1.807, 2.05) is 62.4 Å². The summed E-state index contributed by atoms with van der Waals surface area (Å²) in [6.45, 7) is 4.55. The van der Waals surface area contributed by atoms with Crippen molar-refractivity contribution in [2.45, 2.75) is 32.9 Å². The Morgan fingerprint density at radius 3 is 2.43 bits per heavy atom. The van der Waals surface area contributed by atoms with Gasteiger partial charge in [0, 0.05) is 6.54 Å². The Balaban J connectivity index is 1.97. The maximum Gasteiger partial charge on any atom is 0.224 e. The highest BCUT2D eigenvalue weighted by Crippen LogP contribution is 2.14. The van der Waals surface area contributed by atoms with Crippen molar-refractivity contribution in [3.8, 4) is 0 Å². The molecule has 3 heteroatoms. The normalized spacial score (nSPS) is 12.0. The highest BCUT2D eigenvalue weighted by Gasteiger charge is 2.11. The van der Waals surface area contributed by atoms with Crippen LogP contribution in [0.4, 0.5) is 0 Å². The smallest absolute Gasteiger partial charge is 0.224 e. The fraction of sp³-hybridized carbons (Fsp3) is 0.278. The highest BCUT2D eigenvalue weighted by atomic mass is 16.1. The van der Waals surface area contributed by atoms with E-state index in [4.69, 9.17) is 5.73 Å². The molecule has 2 aromatic carbocycles. The molecule has 0 saturated heterocycles. The Morgan fingerprint density at radius 1 is 1.14 bits per heavy atom. The summed E-state index contributed by atoms with van der Waals surface area (Å²) in [6, 6.07) is 16.0. The van der Waals surface area contributed by atoms with Crippen molar-refractivity contribution < 1.29 is 4.79 Å².